The summed E-state index contributed by atoms with van der Waals surface area (Å²) in [4.78, 5) is 0.253. The lowest BCUT2D eigenvalue weighted by atomic mass is 10.1. The van der Waals surface area contributed by atoms with E-state index in [-0.39, 0.29) is 11.4 Å². The summed E-state index contributed by atoms with van der Waals surface area (Å²) in [5.74, 6) is 0.640. The Morgan fingerprint density at radius 2 is 1.95 bits per heavy atom. The first-order valence-corrected chi connectivity index (χ1v) is 8.04. The Labute approximate surface area is 124 Å². The standard InChI is InChI=1S/C14H19N3O3S/c1-9-4-12(7-15)6-14(11(9)3)21(18,19)16-8-13-5-10(2)20-17-13/h4-6,16H,7-8,15H2,1-3H3. The Morgan fingerprint density at radius 1 is 1.24 bits per heavy atom. The Balaban J connectivity index is 2.29. The van der Waals surface area contributed by atoms with Crippen molar-refractivity contribution in [3.8, 4) is 0 Å². The van der Waals surface area contributed by atoms with Crippen LogP contribution in [0.2, 0.25) is 0 Å². The first kappa shape index (κ1) is 15.7. The van der Waals surface area contributed by atoms with Gasteiger partial charge in [-0.05, 0) is 43.5 Å². The summed E-state index contributed by atoms with van der Waals surface area (Å²) in [6.07, 6.45) is 0. The minimum absolute atomic E-state index is 0.0883. The SMILES string of the molecule is Cc1cc(CNS(=O)(=O)c2cc(CN)cc(C)c2C)no1. The van der Waals surface area contributed by atoms with Crippen molar-refractivity contribution in [3.05, 3.63) is 46.3 Å². The van der Waals surface area contributed by atoms with Crippen LogP contribution in [0.25, 0.3) is 0 Å². The molecule has 0 aliphatic carbocycles. The summed E-state index contributed by atoms with van der Waals surface area (Å²) in [5, 5.41) is 3.76. The fourth-order valence-corrected chi connectivity index (χ4v) is 3.41. The second-order valence-corrected chi connectivity index (χ2v) is 6.73. The van der Waals surface area contributed by atoms with E-state index in [0.29, 0.717) is 18.0 Å². The summed E-state index contributed by atoms with van der Waals surface area (Å²) in [5.41, 5.74) is 8.56. The van der Waals surface area contributed by atoms with E-state index in [1.54, 1.807) is 26.0 Å². The summed E-state index contributed by atoms with van der Waals surface area (Å²) >= 11 is 0. The maximum absolute atomic E-state index is 12.4. The van der Waals surface area contributed by atoms with Gasteiger partial charge in [0.25, 0.3) is 0 Å². The summed E-state index contributed by atoms with van der Waals surface area (Å²) in [6, 6.07) is 5.20. The normalized spacial score (nSPS) is 11.8. The van der Waals surface area contributed by atoms with Crippen molar-refractivity contribution >= 4 is 10.0 Å². The fraction of sp³-hybridized carbons (Fsp3) is 0.357. The van der Waals surface area contributed by atoms with Gasteiger partial charge in [0.15, 0.2) is 0 Å². The van der Waals surface area contributed by atoms with Gasteiger partial charge in [-0.15, -0.1) is 0 Å². The number of nitrogens with two attached hydrogens (primary N) is 1. The van der Waals surface area contributed by atoms with E-state index in [1.807, 2.05) is 13.0 Å². The van der Waals surface area contributed by atoms with Gasteiger partial charge in [0.2, 0.25) is 10.0 Å². The molecule has 2 rings (SSSR count). The highest BCUT2D eigenvalue weighted by molar-refractivity contribution is 7.89. The number of aryl methyl sites for hydroxylation is 2. The van der Waals surface area contributed by atoms with E-state index in [1.165, 1.54) is 0 Å². The highest BCUT2D eigenvalue weighted by Crippen LogP contribution is 2.21. The molecule has 114 valence electrons. The average Bonchev–Trinajstić information content (AvgIpc) is 2.85. The third kappa shape index (κ3) is 3.49. The molecule has 0 bridgehead atoms. The second-order valence-electron chi connectivity index (χ2n) is 4.99. The molecule has 0 amide bonds. The molecule has 6 nitrogen and oxygen atoms in total. The van der Waals surface area contributed by atoms with Crippen LogP contribution in [0, 0.1) is 20.8 Å². The van der Waals surface area contributed by atoms with Crippen LogP contribution in [0.15, 0.2) is 27.6 Å². The molecule has 7 heteroatoms. The first-order valence-electron chi connectivity index (χ1n) is 6.55. The molecule has 0 fully saturated rings. The average molecular weight is 309 g/mol. The van der Waals surface area contributed by atoms with Gasteiger partial charge in [-0.25, -0.2) is 13.1 Å². The van der Waals surface area contributed by atoms with Crippen molar-refractivity contribution < 1.29 is 12.9 Å². The minimum atomic E-state index is -3.62. The number of benzene rings is 1. The zero-order chi connectivity index (χ0) is 15.6. The summed E-state index contributed by atoms with van der Waals surface area (Å²) in [6.45, 7) is 5.79. The predicted octanol–water partition coefficient (Wildman–Crippen LogP) is 1.54. The largest absolute Gasteiger partial charge is 0.361 e. The van der Waals surface area contributed by atoms with Crippen molar-refractivity contribution in [2.75, 3.05) is 0 Å². The van der Waals surface area contributed by atoms with Gasteiger partial charge in [-0.2, -0.15) is 0 Å². The predicted molar refractivity (Wildman–Crippen MR) is 79.1 cm³/mol. The van der Waals surface area contributed by atoms with Crippen molar-refractivity contribution in [3.63, 3.8) is 0 Å². The van der Waals surface area contributed by atoms with Crippen LogP contribution >= 0.6 is 0 Å². The number of hydrogen-bond acceptors (Lipinski definition) is 5. The number of nitrogens with one attached hydrogen (secondary N) is 1. The van der Waals surface area contributed by atoms with Crippen LogP contribution < -0.4 is 10.5 Å². The van der Waals surface area contributed by atoms with E-state index < -0.39 is 10.0 Å². The Morgan fingerprint density at radius 3 is 2.52 bits per heavy atom. The zero-order valence-corrected chi connectivity index (χ0v) is 13.1. The molecule has 0 spiro atoms. The molecule has 1 aromatic carbocycles. The van der Waals surface area contributed by atoms with Crippen LogP contribution in [0.1, 0.15) is 28.1 Å². The highest BCUT2D eigenvalue weighted by Gasteiger charge is 2.19. The number of aromatic nitrogens is 1. The van der Waals surface area contributed by atoms with Crippen LogP contribution in [0.5, 0.6) is 0 Å². The molecular formula is C14H19N3O3S. The fourth-order valence-electron chi connectivity index (χ4n) is 2.04. The number of rotatable bonds is 5. The maximum Gasteiger partial charge on any atom is 0.241 e. The molecule has 1 heterocycles. The van der Waals surface area contributed by atoms with Gasteiger partial charge in [-0.1, -0.05) is 11.2 Å². The first-order chi connectivity index (χ1) is 9.83. The maximum atomic E-state index is 12.4. The number of nitrogens with zero attached hydrogens (tertiary/aromatic N) is 1. The number of hydrogen-bond donors (Lipinski definition) is 2. The van der Waals surface area contributed by atoms with Gasteiger partial charge in [0.1, 0.15) is 5.76 Å². The smallest absolute Gasteiger partial charge is 0.241 e. The van der Waals surface area contributed by atoms with Crippen LogP contribution in [0.4, 0.5) is 0 Å². The van der Waals surface area contributed by atoms with Gasteiger partial charge >= 0.3 is 0 Å². The molecular weight excluding hydrogens is 290 g/mol. The van der Waals surface area contributed by atoms with E-state index in [9.17, 15) is 8.42 Å². The van der Waals surface area contributed by atoms with Crippen molar-refractivity contribution in [2.45, 2.75) is 38.8 Å². The molecule has 0 radical (unpaired) electrons. The molecule has 0 saturated carbocycles. The van der Waals surface area contributed by atoms with E-state index in [4.69, 9.17) is 10.3 Å². The highest BCUT2D eigenvalue weighted by atomic mass is 32.2. The van der Waals surface area contributed by atoms with E-state index in [2.05, 4.69) is 9.88 Å². The van der Waals surface area contributed by atoms with E-state index in [0.717, 1.165) is 16.7 Å². The lowest BCUT2D eigenvalue weighted by molar-refractivity contribution is 0.390. The molecule has 3 N–H and O–H groups in total. The molecule has 0 saturated heterocycles. The Bertz CT molecular complexity index is 751. The molecule has 0 atom stereocenters. The van der Waals surface area contributed by atoms with Gasteiger partial charge in [0.05, 0.1) is 17.1 Å². The van der Waals surface area contributed by atoms with E-state index >= 15 is 0 Å². The van der Waals surface area contributed by atoms with Gasteiger partial charge in [-0.3, -0.25) is 0 Å². The summed E-state index contributed by atoms with van der Waals surface area (Å²) < 4.78 is 32.3. The Hall–Kier alpha value is -1.70. The van der Waals surface area contributed by atoms with Crippen molar-refractivity contribution in [1.82, 2.24) is 9.88 Å². The lowest BCUT2D eigenvalue weighted by Gasteiger charge is -2.12. The van der Waals surface area contributed by atoms with Crippen LogP contribution in [0.3, 0.4) is 0 Å². The molecule has 1 aromatic heterocycles. The molecule has 21 heavy (non-hydrogen) atoms. The zero-order valence-electron chi connectivity index (χ0n) is 12.3. The van der Waals surface area contributed by atoms with Crippen molar-refractivity contribution in [2.24, 2.45) is 5.73 Å². The second kappa shape index (κ2) is 5.97. The third-order valence-electron chi connectivity index (χ3n) is 3.32. The molecule has 0 aliphatic rings. The van der Waals surface area contributed by atoms with Crippen LogP contribution in [-0.2, 0) is 23.1 Å². The Kier molecular flexibility index (Phi) is 4.46. The summed E-state index contributed by atoms with van der Waals surface area (Å²) in [7, 11) is -3.62. The molecule has 0 aliphatic heterocycles. The van der Waals surface area contributed by atoms with Gasteiger partial charge < -0.3 is 10.3 Å². The lowest BCUT2D eigenvalue weighted by Crippen LogP contribution is -2.24. The van der Waals surface area contributed by atoms with Crippen molar-refractivity contribution in [1.29, 1.82) is 0 Å². The monoisotopic (exact) mass is 309 g/mol. The third-order valence-corrected chi connectivity index (χ3v) is 4.85. The number of sulfonamides is 1. The topological polar surface area (TPSA) is 98.2 Å². The molecule has 0 unspecified atom stereocenters. The van der Waals surface area contributed by atoms with Crippen LogP contribution in [-0.4, -0.2) is 13.6 Å². The molecule has 2 aromatic rings. The van der Waals surface area contributed by atoms with Gasteiger partial charge in [0, 0.05) is 12.6 Å². The minimum Gasteiger partial charge on any atom is -0.361 e. The quantitative estimate of drug-likeness (QED) is 0.873.